The SMILES string of the molecule is COc1cccc(OCCNC(=O)Nc2ccc3ccccc3c2)c1. The Kier molecular flexibility index (Phi) is 5.36. The molecule has 2 N–H and O–H groups in total. The van der Waals surface area contributed by atoms with Gasteiger partial charge >= 0.3 is 6.03 Å². The number of anilines is 1. The summed E-state index contributed by atoms with van der Waals surface area (Å²) in [5, 5.41) is 7.82. The van der Waals surface area contributed by atoms with E-state index in [0.29, 0.717) is 18.9 Å². The van der Waals surface area contributed by atoms with Gasteiger partial charge in [0.25, 0.3) is 0 Å². The fourth-order valence-corrected chi connectivity index (χ4v) is 2.47. The Balaban J connectivity index is 1.45. The zero-order valence-corrected chi connectivity index (χ0v) is 14.0. The molecule has 0 saturated carbocycles. The van der Waals surface area contributed by atoms with E-state index in [1.54, 1.807) is 13.2 Å². The van der Waals surface area contributed by atoms with Crippen molar-refractivity contribution in [2.75, 3.05) is 25.6 Å². The van der Waals surface area contributed by atoms with Crippen molar-refractivity contribution in [1.82, 2.24) is 5.32 Å². The molecule has 0 aliphatic heterocycles. The third kappa shape index (κ3) is 4.64. The summed E-state index contributed by atoms with van der Waals surface area (Å²) in [6.07, 6.45) is 0. The molecule has 0 saturated heterocycles. The molecule has 0 radical (unpaired) electrons. The molecule has 0 bridgehead atoms. The van der Waals surface area contributed by atoms with Gasteiger partial charge in [-0.1, -0.05) is 36.4 Å². The molecule has 0 unspecified atom stereocenters. The van der Waals surface area contributed by atoms with Crippen molar-refractivity contribution in [1.29, 1.82) is 0 Å². The van der Waals surface area contributed by atoms with Crippen LogP contribution in [-0.2, 0) is 0 Å². The first kappa shape index (κ1) is 16.6. The lowest BCUT2D eigenvalue weighted by Gasteiger charge is -2.10. The number of benzene rings is 3. The zero-order chi connectivity index (χ0) is 17.5. The number of hydrogen-bond acceptors (Lipinski definition) is 3. The van der Waals surface area contributed by atoms with Crippen molar-refractivity contribution in [3.63, 3.8) is 0 Å². The standard InChI is InChI=1S/C20H20N2O3/c1-24-18-7-4-8-19(14-18)25-12-11-21-20(23)22-17-10-9-15-5-2-3-6-16(15)13-17/h2-10,13-14H,11-12H2,1H3,(H2,21,22,23). The zero-order valence-electron chi connectivity index (χ0n) is 14.0. The van der Waals surface area contributed by atoms with Crippen LogP contribution in [0.5, 0.6) is 11.5 Å². The number of carbonyl (C=O) groups excluding carboxylic acids is 1. The molecule has 3 rings (SSSR count). The van der Waals surface area contributed by atoms with E-state index in [-0.39, 0.29) is 6.03 Å². The molecule has 0 atom stereocenters. The number of fused-ring (bicyclic) bond motifs is 1. The Morgan fingerprint density at radius 2 is 1.72 bits per heavy atom. The van der Waals surface area contributed by atoms with Crippen LogP contribution in [-0.4, -0.2) is 26.3 Å². The van der Waals surface area contributed by atoms with Crippen LogP contribution in [0.2, 0.25) is 0 Å². The van der Waals surface area contributed by atoms with Gasteiger partial charge in [-0.05, 0) is 35.0 Å². The van der Waals surface area contributed by atoms with E-state index in [2.05, 4.69) is 10.6 Å². The van der Waals surface area contributed by atoms with E-state index in [4.69, 9.17) is 9.47 Å². The minimum Gasteiger partial charge on any atom is -0.497 e. The number of nitrogens with one attached hydrogen (secondary N) is 2. The molecule has 2 amide bonds. The highest BCUT2D eigenvalue weighted by atomic mass is 16.5. The van der Waals surface area contributed by atoms with Crippen LogP contribution in [0.3, 0.4) is 0 Å². The predicted molar refractivity (Wildman–Crippen MR) is 99.5 cm³/mol. The highest BCUT2D eigenvalue weighted by Gasteiger charge is 2.03. The lowest BCUT2D eigenvalue weighted by atomic mass is 10.1. The van der Waals surface area contributed by atoms with Gasteiger partial charge in [-0.3, -0.25) is 0 Å². The Hall–Kier alpha value is -3.21. The van der Waals surface area contributed by atoms with E-state index in [0.717, 1.165) is 22.2 Å². The van der Waals surface area contributed by atoms with Gasteiger partial charge in [-0.15, -0.1) is 0 Å². The van der Waals surface area contributed by atoms with Crippen molar-refractivity contribution < 1.29 is 14.3 Å². The third-order valence-corrected chi connectivity index (χ3v) is 3.70. The van der Waals surface area contributed by atoms with Crippen molar-refractivity contribution in [3.05, 3.63) is 66.7 Å². The summed E-state index contributed by atoms with van der Waals surface area (Å²) in [6.45, 7) is 0.773. The molecule has 25 heavy (non-hydrogen) atoms. The molecule has 3 aromatic rings. The average molecular weight is 336 g/mol. The molecular weight excluding hydrogens is 316 g/mol. The van der Waals surface area contributed by atoms with Gasteiger partial charge in [0.1, 0.15) is 18.1 Å². The Labute approximate surface area is 146 Å². The maximum Gasteiger partial charge on any atom is 0.319 e. The molecule has 0 aliphatic carbocycles. The van der Waals surface area contributed by atoms with E-state index in [1.807, 2.05) is 60.7 Å². The maximum atomic E-state index is 12.0. The summed E-state index contributed by atoms with van der Waals surface area (Å²) in [7, 11) is 1.61. The summed E-state index contributed by atoms with van der Waals surface area (Å²) in [5.41, 5.74) is 0.755. The van der Waals surface area contributed by atoms with Gasteiger partial charge in [-0.2, -0.15) is 0 Å². The summed E-state index contributed by atoms with van der Waals surface area (Å²) in [4.78, 5) is 12.0. The second-order valence-corrected chi connectivity index (χ2v) is 5.47. The van der Waals surface area contributed by atoms with E-state index in [1.165, 1.54) is 0 Å². The van der Waals surface area contributed by atoms with Gasteiger partial charge < -0.3 is 20.1 Å². The first-order chi connectivity index (χ1) is 12.2. The smallest absolute Gasteiger partial charge is 0.319 e. The van der Waals surface area contributed by atoms with Crippen molar-refractivity contribution in [2.24, 2.45) is 0 Å². The number of carbonyl (C=O) groups is 1. The molecule has 5 heteroatoms. The molecule has 3 aromatic carbocycles. The molecule has 0 heterocycles. The summed E-state index contributed by atoms with van der Waals surface area (Å²) >= 11 is 0. The molecule has 0 aliphatic rings. The molecule has 0 aromatic heterocycles. The second-order valence-electron chi connectivity index (χ2n) is 5.47. The lowest BCUT2D eigenvalue weighted by Crippen LogP contribution is -2.32. The van der Waals surface area contributed by atoms with E-state index in [9.17, 15) is 4.79 Å². The highest BCUT2D eigenvalue weighted by molar-refractivity contribution is 5.93. The van der Waals surface area contributed by atoms with Gasteiger partial charge in [0.05, 0.1) is 13.7 Å². The van der Waals surface area contributed by atoms with Crippen LogP contribution in [0.25, 0.3) is 10.8 Å². The van der Waals surface area contributed by atoms with E-state index < -0.39 is 0 Å². The fourth-order valence-electron chi connectivity index (χ4n) is 2.47. The number of rotatable bonds is 6. The van der Waals surface area contributed by atoms with Crippen molar-refractivity contribution >= 4 is 22.5 Å². The maximum absolute atomic E-state index is 12.0. The Bertz CT molecular complexity index is 864. The normalized spacial score (nSPS) is 10.3. The highest BCUT2D eigenvalue weighted by Crippen LogP contribution is 2.19. The number of methoxy groups -OCH3 is 1. The van der Waals surface area contributed by atoms with E-state index >= 15 is 0 Å². The minimum atomic E-state index is -0.260. The molecular formula is C20H20N2O3. The summed E-state index contributed by atoms with van der Waals surface area (Å²) < 4.78 is 10.7. The molecule has 5 nitrogen and oxygen atoms in total. The predicted octanol–water partition coefficient (Wildman–Crippen LogP) is 4.05. The van der Waals surface area contributed by atoms with Crippen LogP contribution in [0.4, 0.5) is 10.5 Å². The lowest BCUT2D eigenvalue weighted by molar-refractivity contribution is 0.247. The number of urea groups is 1. The van der Waals surface area contributed by atoms with Crippen molar-refractivity contribution in [3.8, 4) is 11.5 Å². The molecule has 128 valence electrons. The van der Waals surface area contributed by atoms with Crippen LogP contribution < -0.4 is 20.1 Å². The summed E-state index contributed by atoms with van der Waals surface area (Å²) in [6, 6.07) is 20.9. The number of amides is 2. The van der Waals surface area contributed by atoms with Gasteiger partial charge in [-0.25, -0.2) is 4.79 Å². The second kappa shape index (κ2) is 8.06. The number of ether oxygens (including phenoxy) is 2. The first-order valence-electron chi connectivity index (χ1n) is 8.05. The fraction of sp³-hybridized carbons (Fsp3) is 0.150. The topological polar surface area (TPSA) is 59.6 Å². The van der Waals surface area contributed by atoms with Crippen LogP contribution in [0.1, 0.15) is 0 Å². The number of hydrogen-bond donors (Lipinski definition) is 2. The van der Waals surface area contributed by atoms with Crippen molar-refractivity contribution in [2.45, 2.75) is 0 Å². The van der Waals surface area contributed by atoms with Crippen LogP contribution in [0, 0.1) is 0 Å². The Morgan fingerprint density at radius 1 is 0.920 bits per heavy atom. The minimum absolute atomic E-state index is 0.260. The summed E-state index contributed by atoms with van der Waals surface area (Å²) in [5.74, 6) is 1.44. The van der Waals surface area contributed by atoms with Gasteiger partial charge in [0.2, 0.25) is 0 Å². The largest absolute Gasteiger partial charge is 0.497 e. The third-order valence-electron chi connectivity index (χ3n) is 3.70. The molecule has 0 fully saturated rings. The van der Waals surface area contributed by atoms with Crippen LogP contribution in [0.15, 0.2) is 66.7 Å². The molecule has 0 spiro atoms. The first-order valence-corrected chi connectivity index (χ1v) is 8.05. The van der Waals surface area contributed by atoms with Gasteiger partial charge in [0.15, 0.2) is 0 Å². The Morgan fingerprint density at radius 3 is 2.56 bits per heavy atom. The average Bonchev–Trinajstić information content (AvgIpc) is 2.65. The van der Waals surface area contributed by atoms with Gasteiger partial charge in [0, 0.05) is 11.8 Å². The van der Waals surface area contributed by atoms with Crippen LogP contribution >= 0.6 is 0 Å². The quantitative estimate of drug-likeness (QED) is 0.668. The monoisotopic (exact) mass is 336 g/mol.